The average molecular weight is 243 g/mol. The molecule has 0 spiro atoms. The summed E-state index contributed by atoms with van der Waals surface area (Å²) >= 11 is -0.0991. The Kier molecular flexibility index (Phi) is 6.42. The molecule has 3 nitrogen and oxygen atoms in total. The van der Waals surface area contributed by atoms with Gasteiger partial charge < -0.3 is 10.4 Å². The second-order valence-electron chi connectivity index (χ2n) is 2.80. The number of hydrogen-bond donors (Lipinski definition) is 2. The van der Waals surface area contributed by atoms with Crippen LogP contribution < -0.4 is 5.32 Å². The molecule has 7 heteroatoms. The highest BCUT2D eigenvalue weighted by molar-refractivity contribution is 8.00. The maximum absolute atomic E-state index is 11.7. The number of carboxylic acid groups (broad SMARTS) is 1. The predicted molar refractivity (Wildman–Crippen MR) is 52.8 cm³/mol. The van der Waals surface area contributed by atoms with Crippen LogP contribution >= 0.6 is 11.8 Å². The van der Waals surface area contributed by atoms with E-state index in [4.69, 9.17) is 5.11 Å². The first-order valence-electron chi connectivity index (χ1n) is 4.13. The molecule has 0 saturated carbocycles. The van der Waals surface area contributed by atoms with Gasteiger partial charge in [0.15, 0.2) is 0 Å². The lowest BCUT2D eigenvalue weighted by molar-refractivity contribution is -0.131. The topological polar surface area (TPSA) is 49.3 Å². The van der Waals surface area contributed by atoms with E-state index in [1.807, 2.05) is 0 Å². The number of rotatable bonds is 6. The molecule has 0 aromatic heterocycles. The number of aliphatic carboxylic acids is 1. The fourth-order valence-corrected chi connectivity index (χ4v) is 1.26. The van der Waals surface area contributed by atoms with Crippen molar-refractivity contribution in [2.45, 2.75) is 12.4 Å². The second-order valence-corrected chi connectivity index (χ2v) is 3.96. The van der Waals surface area contributed by atoms with E-state index in [1.54, 1.807) is 6.92 Å². The van der Waals surface area contributed by atoms with Gasteiger partial charge in [-0.2, -0.15) is 13.2 Å². The van der Waals surface area contributed by atoms with Gasteiger partial charge in [0.05, 0.1) is 0 Å². The lowest BCUT2D eigenvalue weighted by Crippen LogP contribution is -2.21. The third-order valence-corrected chi connectivity index (χ3v) is 2.05. The smallest absolute Gasteiger partial charge is 0.441 e. The molecule has 0 aliphatic carbocycles. The highest BCUT2D eigenvalue weighted by Crippen LogP contribution is 2.29. The molecule has 0 unspecified atom stereocenters. The third kappa shape index (κ3) is 11.2. The molecule has 0 saturated heterocycles. The lowest BCUT2D eigenvalue weighted by atomic mass is 10.3. The zero-order chi connectivity index (χ0) is 11.9. The molecule has 0 amide bonds. The molecule has 88 valence electrons. The molecule has 0 bridgehead atoms. The van der Waals surface area contributed by atoms with E-state index in [1.165, 1.54) is 0 Å². The molecule has 0 fully saturated rings. The summed E-state index contributed by atoms with van der Waals surface area (Å²) in [5.41, 5.74) is -3.63. The Labute approximate surface area is 89.7 Å². The largest absolute Gasteiger partial charge is 0.478 e. The van der Waals surface area contributed by atoms with Crippen molar-refractivity contribution in [2.75, 3.05) is 18.8 Å². The fourth-order valence-electron chi connectivity index (χ4n) is 0.786. The van der Waals surface area contributed by atoms with Crippen LogP contribution in [0.4, 0.5) is 13.2 Å². The van der Waals surface area contributed by atoms with Gasteiger partial charge in [-0.25, -0.2) is 4.79 Å². The summed E-state index contributed by atoms with van der Waals surface area (Å²) in [6.07, 6.45) is 1.02. The SMILES string of the molecule is CC(=CC(=O)O)CNCCSC(F)(F)F. The van der Waals surface area contributed by atoms with Crippen LogP contribution in [0.25, 0.3) is 0 Å². The highest BCUT2D eigenvalue weighted by atomic mass is 32.2. The summed E-state index contributed by atoms with van der Waals surface area (Å²) in [6.45, 7) is 2.07. The van der Waals surface area contributed by atoms with Crippen LogP contribution in [0.15, 0.2) is 11.6 Å². The van der Waals surface area contributed by atoms with Crippen molar-refractivity contribution in [1.29, 1.82) is 0 Å². The van der Waals surface area contributed by atoms with Gasteiger partial charge in [-0.15, -0.1) is 0 Å². The van der Waals surface area contributed by atoms with Crippen LogP contribution in [0, 0.1) is 0 Å². The van der Waals surface area contributed by atoms with E-state index in [0.717, 1.165) is 6.08 Å². The number of alkyl halides is 3. The van der Waals surface area contributed by atoms with E-state index in [-0.39, 0.29) is 30.6 Å². The first-order chi connectivity index (χ1) is 6.81. The van der Waals surface area contributed by atoms with E-state index in [0.29, 0.717) is 5.57 Å². The highest BCUT2D eigenvalue weighted by Gasteiger charge is 2.27. The van der Waals surface area contributed by atoms with E-state index in [9.17, 15) is 18.0 Å². The minimum atomic E-state index is -4.20. The predicted octanol–water partition coefficient (Wildman–Crippen LogP) is 1.86. The number of nitrogens with one attached hydrogen (secondary N) is 1. The molecule has 0 aromatic rings. The first kappa shape index (κ1) is 14.3. The van der Waals surface area contributed by atoms with Gasteiger partial charge in [-0.05, 0) is 18.7 Å². The minimum Gasteiger partial charge on any atom is -0.478 e. The maximum Gasteiger partial charge on any atom is 0.441 e. The Balaban J connectivity index is 3.51. The van der Waals surface area contributed by atoms with Gasteiger partial charge in [0, 0.05) is 24.9 Å². The van der Waals surface area contributed by atoms with Crippen LogP contribution in [0.2, 0.25) is 0 Å². The van der Waals surface area contributed by atoms with Crippen LogP contribution in [0.3, 0.4) is 0 Å². The quantitative estimate of drug-likeness (QED) is 0.552. The molecule has 0 aromatic carbocycles. The molecule has 0 aliphatic rings. The molecular weight excluding hydrogens is 231 g/mol. The van der Waals surface area contributed by atoms with Gasteiger partial charge >= 0.3 is 11.5 Å². The van der Waals surface area contributed by atoms with E-state index in [2.05, 4.69) is 5.32 Å². The molecule has 0 rings (SSSR count). The molecule has 0 radical (unpaired) electrons. The van der Waals surface area contributed by atoms with Crippen molar-refractivity contribution >= 4 is 17.7 Å². The Bertz CT molecular complexity index is 241. The van der Waals surface area contributed by atoms with Gasteiger partial charge in [0.1, 0.15) is 0 Å². The summed E-state index contributed by atoms with van der Waals surface area (Å²) in [5, 5.41) is 11.0. The lowest BCUT2D eigenvalue weighted by Gasteiger charge is -2.06. The monoisotopic (exact) mass is 243 g/mol. The molecular formula is C8H12F3NO2S. The zero-order valence-electron chi connectivity index (χ0n) is 8.10. The number of carbonyl (C=O) groups is 1. The molecule has 0 atom stereocenters. The maximum atomic E-state index is 11.7. The van der Waals surface area contributed by atoms with Gasteiger partial charge in [0.25, 0.3) is 0 Å². The summed E-state index contributed by atoms with van der Waals surface area (Å²) in [6, 6.07) is 0. The molecule has 0 heterocycles. The van der Waals surface area contributed by atoms with Crippen LogP contribution in [0.5, 0.6) is 0 Å². The average Bonchev–Trinajstić information content (AvgIpc) is 1.99. The Morgan fingerprint density at radius 2 is 2.13 bits per heavy atom. The van der Waals surface area contributed by atoms with Gasteiger partial charge in [-0.3, -0.25) is 0 Å². The van der Waals surface area contributed by atoms with Crippen molar-refractivity contribution in [3.05, 3.63) is 11.6 Å². The Morgan fingerprint density at radius 3 is 2.60 bits per heavy atom. The standard InChI is InChI=1S/C8H12F3NO2S/c1-6(4-7(13)14)5-12-2-3-15-8(9,10)11/h4,12H,2-3,5H2,1H3,(H,13,14). The summed E-state index contributed by atoms with van der Waals surface area (Å²) < 4.78 is 35.0. The van der Waals surface area contributed by atoms with Gasteiger partial charge in [-0.1, -0.05) is 5.57 Å². The third-order valence-electron chi connectivity index (χ3n) is 1.32. The molecule has 2 N–H and O–H groups in total. The summed E-state index contributed by atoms with van der Waals surface area (Å²) in [5.74, 6) is -1.14. The number of halogens is 3. The van der Waals surface area contributed by atoms with Crippen molar-refractivity contribution in [3.8, 4) is 0 Å². The second kappa shape index (κ2) is 6.73. The number of hydrogen-bond acceptors (Lipinski definition) is 3. The van der Waals surface area contributed by atoms with E-state index < -0.39 is 11.5 Å². The van der Waals surface area contributed by atoms with Crippen molar-refractivity contribution in [3.63, 3.8) is 0 Å². The fraction of sp³-hybridized carbons (Fsp3) is 0.625. The van der Waals surface area contributed by atoms with Gasteiger partial charge in [0.2, 0.25) is 0 Å². The van der Waals surface area contributed by atoms with Crippen LogP contribution in [0.1, 0.15) is 6.92 Å². The van der Waals surface area contributed by atoms with Crippen LogP contribution in [-0.4, -0.2) is 35.4 Å². The molecule has 0 aliphatic heterocycles. The zero-order valence-corrected chi connectivity index (χ0v) is 8.91. The number of thioether (sulfide) groups is 1. The minimum absolute atomic E-state index is 0.0795. The van der Waals surface area contributed by atoms with Crippen LogP contribution in [-0.2, 0) is 4.79 Å². The number of carboxylic acids is 1. The summed E-state index contributed by atoms with van der Waals surface area (Å²) in [4.78, 5) is 10.2. The Hall–Kier alpha value is -0.690. The Morgan fingerprint density at radius 1 is 1.53 bits per heavy atom. The van der Waals surface area contributed by atoms with E-state index >= 15 is 0 Å². The first-order valence-corrected chi connectivity index (χ1v) is 5.11. The van der Waals surface area contributed by atoms with Crippen molar-refractivity contribution in [1.82, 2.24) is 5.32 Å². The van der Waals surface area contributed by atoms with Crippen molar-refractivity contribution in [2.24, 2.45) is 0 Å². The van der Waals surface area contributed by atoms with Crippen molar-refractivity contribution < 1.29 is 23.1 Å². The molecule has 15 heavy (non-hydrogen) atoms. The summed E-state index contributed by atoms with van der Waals surface area (Å²) in [7, 11) is 0. The normalized spacial score (nSPS) is 12.9.